The van der Waals surface area contributed by atoms with E-state index < -0.39 is 29.8 Å². The quantitative estimate of drug-likeness (QED) is 0.426. The SMILES string of the molecule is COc1ccc(C2=NN(C3CCN(C(=O)[C@@H](Cc4ccc(C(F)(F)F)cc4)NC(=O)O)CC3)C(=O)[C@@H]3CCCC[C@H]23)cc1OC. The molecular weight excluding hydrogens is 593 g/mol. The molecule has 2 aromatic carbocycles. The minimum atomic E-state index is -4.50. The number of hydrazone groups is 1. The van der Waals surface area contributed by atoms with Crippen molar-refractivity contribution in [3.63, 3.8) is 0 Å². The van der Waals surface area contributed by atoms with Crippen molar-refractivity contribution in [2.45, 2.75) is 63.2 Å². The van der Waals surface area contributed by atoms with Crippen molar-refractivity contribution >= 4 is 23.6 Å². The van der Waals surface area contributed by atoms with E-state index in [0.29, 0.717) is 29.9 Å². The van der Waals surface area contributed by atoms with Crippen LogP contribution in [0.15, 0.2) is 47.6 Å². The fourth-order valence-electron chi connectivity index (χ4n) is 6.66. The number of nitrogens with one attached hydrogen (secondary N) is 1. The van der Waals surface area contributed by atoms with E-state index in [1.54, 1.807) is 19.2 Å². The van der Waals surface area contributed by atoms with E-state index in [1.165, 1.54) is 17.0 Å². The molecule has 45 heavy (non-hydrogen) atoms. The number of halogens is 3. The van der Waals surface area contributed by atoms with Gasteiger partial charge in [-0.15, -0.1) is 0 Å². The zero-order valence-corrected chi connectivity index (χ0v) is 25.2. The van der Waals surface area contributed by atoms with Crippen molar-refractivity contribution in [1.29, 1.82) is 0 Å². The maximum Gasteiger partial charge on any atom is 0.416 e. The number of amides is 3. The molecule has 3 aliphatic rings. The Kier molecular flexibility index (Phi) is 9.54. The molecule has 0 radical (unpaired) electrons. The van der Waals surface area contributed by atoms with Gasteiger partial charge in [-0.05, 0) is 61.6 Å². The molecule has 1 saturated carbocycles. The number of hydrogen-bond donors (Lipinski definition) is 2. The Hall–Kier alpha value is -4.29. The first-order chi connectivity index (χ1) is 21.5. The molecular formula is C32H37F3N4O6. The van der Waals surface area contributed by atoms with Gasteiger partial charge in [-0.3, -0.25) is 9.59 Å². The lowest BCUT2D eigenvalue weighted by Gasteiger charge is -2.43. The predicted molar refractivity (Wildman–Crippen MR) is 158 cm³/mol. The van der Waals surface area contributed by atoms with Gasteiger partial charge in [0.2, 0.25) is 11.8 Å². The standard InChI is InChI=1S/C32H37F3N4O6/c1-44-26-12-9-20(18-27(26)45-2)28-23-5-3-4-6-24(23)29(40)39(37-28)22-13-15-38(16-14-22)30(41)25(36-31(42)43)17-19-7-10-21(11-8-19)32(33,34)35/h7-12,18,22-25,36H,3-6,13-17H2,1-2H3,(H,42,43)/t23-,24+,25+/m0/s1. The van der Waals surface area contributed by atoms with Crippen LogP contribution in [0.4, 0.5) is 18.0 Å². The zero-order chi connectivity index (χ0) is 32.3. The molecule has 5 rings (SSSR count). The summed E-state index contributed by atoms with van der Waals surface area (Å²) in [5, 5.41) is 18.1. The molecule has 0 aromatic heterocycles. The highest BCUT2D eigenvalue weighted by Gasteiger charge is 2.44. The van der Waals surface area contributed by atoms with Gasteiger partial charge in [-0.25, -0.2) is 9.80 Å². The second kappa shape index (κ2) is 13.4. The zero-order valence-electron chi connectivity index (χ0n) is 25.2. The number of methoxy groups -OCH3 is 2. The normalized spacial score (nSPS) is 21.4. The Balaban J connectivity index is 1.31. The topological polar surface area (TPSA) is 121 Å². The Morgan fingerprint density at radius 1 is 0.978 bits per heavy atom. The summed E-state index contributed by atoms with van der Waals surface area (Å²) in [6.07, 6.45) is -1.52. The Morgan fingerprint density at radius 3 is 2.22 bits per heavy atom. The van der Waals surface area contributed by atoms with Gasteiger partial charge in [-0.2, -0.15) is 18.3 Å². The molecule has 3 atom stereocenters. The van der Waals surface area contributed by atoms with Gasteiger partial charge in [0.15, 0.2) is 11.5 Å². The Bertz CT molecular complexity index is 1440. The van der Waals surface area contributed by atoms with Gasteiger partial charge in [0.1, 0.15) is 6.04 Å². The van der Waals surface area contributed by atoms with Gasteiger partial charge in [0.05, 0.1) is 31.5 Å². The van der Waals surface area contributed by atoms with Crippen LogP contribution in [0.5, 0.6) is 11.5 Å². The van der Waals surface area contributed by atoms with Crippen molar-refractivity contribution in [2.24, 2.45) is 16.9 Å². The average Bonchev–Trinajstić information content (AvgIpc) is 3.04. The number of nitrogens with zero attached hydrogens (tertiary/aromatic N) is 3. The summed E-state index contributed by atoms with van der Waals surface area (Å²) in [4.78, 5) is 40.2. The third kappa shape index (κ3) is 7.02. The molecule has 10 nitrogen and oxygen atoms in total. The first-order valence-corrected chi connectivity index (χ1v) is 15.1. The molecule has 13 heteroatoms. The van der Waals surface area contributed by atoms with Crippen LogP contribution < -0.4 is 14.8 Å². The van der Waals surface area contributed by atoms with E-state index in [4.69, 9.17) is 14.6 Å². The molecule has 2 heterocycles. The maximum absolute atomic E-state index is 13.7. The van der Waals surface area contributed by atoms with E-state index in [-0.39, 0.29) is 43.3 Å². The molecule has 1 aliphatic carbocycles. The van der Waals surface area contributed by atoms with E-state index in [0.717, 1.165) is 49.1 Å². The van der Waals surface area contributed by atoms with Crippen LogP contribution in [0, 0.1) is 11.8 Å². The summed E-state index contributed by atoms with van der Waals surface area (Å²) in [7, 11) is 3.14. The number of ether oxygens (including phenoxy) is 2. The fraction of sp³-hybridized carbons (Fsp3) is 0.500. The van der Waals surface area contributed by atoms with Crippen molar-refractivity contribution in [2.75, 3.05) is 27.3 Å². The first-order valence-electron chi connectivity index (χ1n) is 15.1. The third-order valence-corrected chi connectivity index (χ3v) is 8.99. The van der Waals surface area contributed by atoms with Crippen LogP contribution in [0.2, 0.25) is 0 Å². The summed E-state index contributed by atoms with van der Waals surface area (Å²) in [6, 6.07) is 8.51. The summed E-state index contributed by atoms with van der Waals surface area (Å²) in [5.74, 6) is 0.490. The molecule has 0 unspecified atom stereocenters. The van der Waals surface area contributed by atoms with Gasteiger partial charge in [0.25, 0.3) is 0 Å². The molecule has 2 aromatic rings. The highest BCUT2D eigenvalue weighted by molar-refractivity contribution is 6.07. The monoisotopic (exact) mass is 630 g/mol. The number of alkyl halides is 3. The minimum Gasteiger partial charge on any atom is -0.493 e. The van der Waals surface area contributed by atoms with Gasteiger partial charge >= 0.3 is 12.3 Å². The van der Waals surface area contributed by atoms with E-state index in [1.807, 2.05) is 18.2 Å². The van der Waals surface area contributed by atoms with Crippen LogP contribution in [-0.2, 0) is 22.2 Å². The van der Waals surface area contributed by atoms with Crippen molar-refractivity contribution in [1.82, 2.24) is 15.2 Å². The number of benzene rings is 2. The lowest BCUT2D eigenvalue weighted by Crippen LogP contribution is -2.55. The average molecular weight is 631 g/mol. The largest absolute Gasteiger partial charge is 0.493 e. The lowest BCUT2D eigenvalue weighted by molar-refractivity contribution is -0.143. The van der Waals surface area contributed by atoms with Crippen LogP contribution in [-0.4, -0.2) is 78.0 Å². The van der Waals surface area contributed by atoms with Crippen LogP contribution in [0.25, 0.3) is 0 Å². The highest BCUT2D eigenvalue weighted by Crippen LogP contribution is 2.40. The number of piperidine rings is 1. The number of rotatable bonds is 8. The summed E-state index contributed by atoms with van der Waals surface area (Å²) < 4.78 is 49.8. The number of likely N-dealkylation sites (tertiary alicyclic amines) is 1. The fourth-order valence-corrected chi connectivity index (χ4v) is 6.66. The van der Waals surface area contributed by atoms with Gasteiger partial charge in [-0.1, -0.05) is 25.0 Å². The smallest absolute Gasteiger partial charge is 0.416 e. The summed E-state index contributed by atoms with van der Waals surface area (Å²) in [6.45, 7) is 0.542. The number of carbonyl (C=O) groups excluding carboxylic acids is 2. The Labute approximate surface area is 259 Å². The molecule has 0 spiro atoms. The van der Waals surface area contributed by atoms with Crippen molar-refractivity contribution < 1.29 is 42.1 Å². The maximum atomic E-state index is 13.7. The predicted octanol–water partition coefficient (Wildman–Crippen LogP) is 4.95. The molecule has 1 saturated heterocycles. The van der Waals surface area contributed by atoms with Crippen LogP contribution in [0.1, 0.15) is 55.2 Å². The Morgan fingerprint density at radius 2 is 1.62 bits per heavy atom. The lowest BCUT2D eigenvalue weighted by atomic mass is 9.73. The molecule has 0 bridgehead atoms. The summed E-state index contributed by atoms with van der Waals surface area (Å²) in [5.41, 5.74) is 1.26. The number of hydrogen-bond acceptors (Lipinski definition) is 6. The van der Waals surface area contributed by atoms with E-state index in [2.05, 4.69) is 5.32 Å². The summed E-state index contributed by atoms with van der Waals surface area (Å²) >= 11 is 0. The second-order valence-electron chi connectivity index (χ2n) is 11.7. The van der Waals surface area contributed by atoms with Crippen LogP contribution >= 0.6 is 0 Å². The van der Waals surface area contributed by atoms with Crippen molar-refractivity contribution in [3.8, 4) is 11.5 Å². The molecule has 2 aliphatic heterocycles. The number of carboxylic acid groups (broad SMARTS) is 1. The van der Waals surface area contributed by atoms with E-state index >= 15 is 0 Å². The molecule has 242 valence electrons. The first kappa shape index (κ1) is 32.1. The van der Waals surface area contributed by atoms with Gasteiger partial charge < -0.3 is 24.8 Å². The molecule has 2 N–H and O–H groups in total. The van der Waals surface area contributed by atoms with Gasteiger partial charge in [0, 0.05) is 36.9 Å². The highest BCUT2D eigenvalue weighted by atomic mass is 19.4. The minimum absolute atomic E-state index is 0.00434. The number of carbonyl (C=O) groups is 3. The number of fused-ring (bicyclic) bond motifs is 1. The second-order valence-corrected chi connectivity index (χ2v) is 11.7. The molecule has 2 fully saturated rings. The third-order valence-electron chi connectivity index (χ3n) is 8.99. The van der Waals surface area contributed by atoms with E-state index in [9.17, 15) is 32.7 Å². The molecule has 3 amide bonds. The van der Waals surface area contributed by atoms with Crippen molar-refractivity contribution in [3.05, 3.63) is 59.2 Å². The van der Waals surface area contributed by atoms with Crippen LogP contribution in [0.3, 0.4) is 0 Å².